The van der Waals surface area contributed by atoms with Crippen LogP contribution in [0.5, 0.6) is 5.75 Å². The first-order valence-electron chi connectivity index (χ1n) is 5.91. The third kappa shape index (κ3) is 4.25. The number of thioether (sulfide) groups is 1. The van der Waals surface area contributed by atoms with E-state index < -0.39 is 4.92 Å². The summed E-state index contributed by atoms with van der Waals surface area (Å²) in [5, 5.41) is 10.7. The fraction of sp³-hybridized carbons (Fsp3) is 0.143. The van der Waals surface area contributed by atoms with Crippen LogP contribution in [0, 0.1) is 10.1 Å². The number of hydrogen-bond donors (Lipinski definition) is 0. The van der Waals surface area contributed by atoms with Crippen LogP contribution in [0.15, 0.2) is 57.9 Å². The summed E-state index contributed by atoms with van der Waals surface area (Å²) in [6.45, 7) is 0.485. The molecule has 0 spiro atoms. The molecule has 0 atom stereocenters. The van der Waals surface area contributed by atoms with E-state index in [4.69, 9.17) is 4.74 Å². The Morgan fingerprint density at radius 3 is 2.65 bits per heavy atom. The van der Waals surface area contributed by atoms with Crippen LogP contribution in [0.3, 0.4) is 0 Å². The van der Waals surface area contributed by atoms with E-state index in [0.29, 0.717) is 16.8 Å². The number of ether oxygens (including phenoxy) is 1. The molecule has 0 aliphatic rings. The molecule has 4 nitrogen and oxygen atoms in total. The van der Waals surface area contributed by atoms with Crippen LogP contribution < -0.4 is 4.74 Å². The summed E-state index contributed by atoms with van der Waals surface area (Å²) < 4.78 is 6.29. The molecule has 2 aromatic rings. The van der Waals surface area contributed by atoms with Crippen LogP contribution in [0.25, 0.3) is 0 Å². The fourth-order valence-corrected chi connectivity index (χ4v) is 2.66. The first-order chi connectivity index (χ1) is 9.66. The van der Waals surface area contributed by atoms with Crippen LogP contribution in [0.2, 0.25) is 0 Å². The molecule has 0 unspecified atom stereocenters. The Bertz CT molecular complexity index is 592. The van der Waals surface area contributed by atoms with E-state index in [1.165, 1.54) is 17.0 Å². The second kappa shape index (κ2) is 7.31. The van der Waals surface area contributed by atoms with E-state index in [2.05, 4.69) is 15.9 Å². The lowest BCUT2D eigenvalue weighted by molar-refractivity contribution is -0.384. The van der Waals surface area contributed by atoms with E-state index in [1.54, 1.807) is 17.8 Å². The summed E-state index contributed by atoms with van der Waals surface area (Å²) in [7, 11) is 0. The van der Waals surface area contributed by atoms with Crippen molar-refractivity contribution in [2.75, 3.05) is 12.4 Å². The molecule has 0 aliphatic carbocycles. The zero-order valence-electron chi connectivity index (χ0n) is 10.5. The summed E-state index contributed by atoms with van der Waals surface area (Å²) in [6, 6.07) is 14.5. The number of benzene rings is 2. The molecule has 0 radical (unpaired) electrons. The van der Waals surface area contributed by atoms with Crippen LogP contribution in [-0.2, 0) is 0 Å². The Hall–Kier alpha value is -1.53. The van der Waals surface area contributed by atoms with E-state index in [0.717, 1.165) is 5.75 Å². The molecule has 0 saturated carbocycles. The van der Waals surface area contributed by atoms with Crippen molar-refractivity contribution in [3.05, 3.63) is 63.1 Å². The Morgan fingerprint density at radius 2 is 1.95 bits per heavy atom. The van der Waals surface area contributed by atoms with Gasteiger partial charge in [0.2, 0.25) is 0 Å². The van der Waals surface area contributed by atoms with Gasteiger partial charge in [-0.15, -0.1) is 11.8 Å². The Balaban J connectivity index is 1.88. The summed E-state index contributed by atoms with van der Waals surface area (Å²) in [5.74, 6) is 1.27. The first kappa shape index (κ1) is 14.9. The monoisotopic (exact) mass is 353 g/mol. The van der Waals surface area contributed by atoms with E-state index in [-0.39, 0.29) is 5.69 Å². The van der Waals surface area contributed by atoms with Gasteiger partial charge in [-0.25, -0.2) is 0 Å². The largest absolute Gasteiger partial charge is 0.491 e. The van der Waals surface area contributed by atoms with Crippen LogP contribution in [-0.4, -0.2) is 17.3 Å². The maximum absolute atomic E-state index is 10.7. The minimum Gasteiger partial charge on any atom is -0.491 e. The molecule has 20 heavy (non-hydrogen) atoms. The number of hydrogen-bond acceptors (Lipinski definition) is 4. The van der Waals surface area contributed by atoms with Gasteiger partial charge in [0.05, 0.1) is 22.1 Å². The SMILES string of the molecule is O=[N+]([O-])c1ccc(Br)c(OCCSc2ccccc2)c1. The maximum Gasteiger partial charge on any atom is 0.273 e. The molecule has 0 saturated heterocycles. The number of halogens is 1. The van der Waals surface area contributed by atoms with E-state index >= 15 is 0 Å². The highest BCUT2D eigenvalue weighted by Crippen LogP contribution is 2.29. The minimum absolute atomic E-state index is 0.0268. The average molecular weight is 354 g/mol. The van der Waals surface area contributed by atoms with Crippen LogP contribution >= 0.6 is 27.7 Å². The molecule has 104 valence electrons. The Kier molecular flexibility index (Phi) is 5.43. The highest BCUT2D eigenvalue weighted by Gasteiger charge is 2.10. The van der Waals surface area contributed by atoms with Gasteiger partial charge < -0.3 is 4.74 Å². The van der Waals surface area contributed by atoms with Crippen molar-refractivity contribution in [1.82, 2.24) is 0 Å². The highest BCUT2D eigenvalue weighted by molar-refractivity contribution is 9.10. The smallest absolute Gasteiger partial charge is 0.273 e. The van der Waals surface area contributed by atoms with Crippen molar-refractivity contribution in [1.29, 1.82) is 0 Å². The number of nitro groups is 1. The Labute approximate surface area is 129 Å². The molecule has 0 fully saturated rings. The molecule has 2 rings (SSSR count). The van der Waals surface area contributed by atoms with Gasteiger partial charge in [-0.05, 0) is 34.1 Å². The van der Waals surface area contributed by atoms with Crippen molar-refractivity contribution in [3.8, 4) is 5.75 Å². The van der Waals surface area contributed by atoms with Crippen molar-refractivity contribution in [2.45, 2.75) is 4.90 Å². The normalized spacial score (nSPS) is 10.2. The molecule has 0 bridgehead atoms. The summed E-state index contributed by atoms with van der Waals surface area (Å²) in [6.07, 6.45) is 0. The van der Waals surface area contributed by atoms with Gasteiger partial charge in [0, 0.05) is 16.7 Å². The predicted octanol–water partition coefficient (Wildman–Crippen LogP) is 4.53. The summed E-state index contributed by atoms with van der Waals surface area (Å²) in [5.41, 5.74) is 0.0268. The lowest BCUT2D eigenvalue weighted by Crippen LogP contribution is -2.01. The van der Waals surface area contributed by atoms with Gasteiger partial charge in [0.15, 0.2) is 0 Å². The average Bonchev–Trinajstić information content (AvgIpc) is 2.46. The summed E-state index contributed by atoms with van der Waals surface area (Å²) in [4.78, 5) is 11.5. The third-order valence-electron chi connectivity index (χ3n) is 2.48. The molecule has 2 aromatic carbocycles. The van der Waals surface area contributed by atoms with Crippen LogP contribution in [0.4, 0.5) is 5.69 Å². The van der Waals surface area contributed by atoms with Gasteiger partial charge >= 0.3 is 0 Å². The fourth-order valence-electron chi connectivity index (χ4n) is 1.54. The first-order valence-corrected chi connectivity index (χ1v) is 7.69. The quantitative estimate of drug-likeness (QED) is 0.331. The van der Waals surface area contributed by atoms with Crippen molar-refractivity contribution < 1.29 is 9.66 Å². The standard InChI is InChI=1S/C14H12BrNO3S/c15-13-7-6-11(16(17)18)10-14(13)19-8-9-20-12-4-2-1-3-5-12/h1-7,10H,8-9H2. The van der Waals surface area contributed by atoms with Gasteiger partial charge in [-0.1, -0.05) is 18.2 Å². The van der Waals surface area contributed by atoms with Gasteiger partial charge in [0.25, 0.3) is 5.69 Å². The van der Waals surface area contributed by atoms with Crippen molar-refractivity contribution in [3.63, 3.8) is 0 Å². The zero-order chi connectivity index (χ0) is 14.4. The van der Waals surface area contributed by atoms with E-state index in [1.807, 2.05) is 30.3 Å². The second-order valence-corrected chi connectivity index (χ2v) is 5.90. The second-order valence-electron chi connectivity index (χ2n) is 3.88. The predicted molar refractivity (Wildman–Crippen MR) is 83.5 cm³/mol. The zero-order valence-corrected chi connectivity index (χ0v) is 12.9. The Morgan fingerprint density at radius 1 is 1.20 bits per heavy atom. The molecule has 6 heteroatoms. The topological polar surface area (TPSA) is 52.4 Å². The lowest BCUT2D eigenvalue weighted by atomic mass is 10.3. The molecule has 0 heterocycles. The van der Waals surface area contributed by atoms with Crippen molar-refractivity contribution in [2.24, 2.45) is 0 Å². The van der Waals surface area contributed by atoms with Crippen LogP contribution in [0.1, 0.15) is 0 Å². The molecule has 0 amide bonds. The molecule has 0 aromatic heterocycles. The molecule has 0 N–H and O–H groups in total. The molecule has 0 aliphatic heterocycles. The highest BCUT2D eigenvalue weighted by atomic mass is 79.9. The number of nitro benzene ring substituents is 1. The molecular weight excluding hydrogens is 342 g/mol. The minimum atomic E-state index is -0.433. The number of rotatable bonds is 6. The van der Waals surface area contributed by atoms with Gasteiger partial charge in [0.1, 0.15) is 5.75 Å². The third-order valence-corrected chi connectivity index (χ3v) is 4.11. The molecular formula is C14H12BrNO3S. The summed E-state index contributed by atoms with van der Waals surface area (Å²) >= 11 is 5.00. The van der Waals surface area contributed by atoms with Crippen molar-refractivity contribution >= 4 is 33.4 Å². The lowest BCUT2D eigenvalue weighted by Gasteiger charge is -2.07. The number of non-ortho nitro benzene ring substituents is 1. The van der Waals surface area contributed by atoms with E-state index in [9.17, 15) is 10.1 Å². The maximum atomic E-state index is 10.7. The number of nitrogens with zero attached hydrogens (tertiary/aromatic N) is 1. The van der Waals surface area contributed by atoms with Gasteiger partial charge in [-0.3, -0.25) is 10.1 Å². The van der Waals surface area contributed by atoms with Gasteiger partial charge in [-0.2, -0.15) is 0 Å².